The van der Waals surface area contributed by atoms with Gasteiger partial charge in [0, 0.05) is 23.4 Å². The Morgan fingerprint density at radius 2 is 1.84 bits per heavy atom. The zero-order valence-electron chi connectivity index (χ0n) is 13.7. The Morgan fingerprint density at radius 1 is 1.08 bits per heavy atom. The molecule has 0 fully saturated rings. The third kappa shape index (κ3) is 4.93. The summed E-state index contributed by atoms with van der Waals surface area (Å²) in [7, 11) is 0. The first-order valence-electron chi connectivity index (χ1n) is 8.10. The lowest BCUT2D eigenvalue weighted by molar-refractivity contribution is 0.0693. The summed E-state index contributed by atoms with van der Waals surface area (Å²) in [6, 6.07) is 17.4. The maximum Gasteiger partial charge on any atom is 0.336 e. The van der Waals surface area contributed by atoms with Crippen molar-refractivity contribution >= 4 is 17.7 Å². The molecule has 3 rings (SSSR count). The molecule has 0 amide bonds. The summed E-state index contributed by atoms with van der Waals surface area (Å²) in [5.74, 6) is -0.309. The van der Waals surface area contributed by atoms with Gasteiger partial charge in [0.1, 0.15) is 0 Å². The summed E-state index contributed by atoms with van der Waals surface area (Å²) in [6.07, 6.45) is 3.94. The molecule has 0 radical (unpaired) electrons. The van der Waals surface area contributed by atoms with E-state index in [9.17, 15) is 9.90 Å². The standard InChI is InChI=1S/C19H19N3O2S/c23-19(24)17-10-4-5-11-18(17)25-14-16-13-22(21-20-16)12-6-9-15-7-2-1-3-8-15/h1-5,7-8,10-11,13H,6,9,12,14H2,(H,23,24). The summed E-state index contributed by atoms with van der Waals surface area (Å²) >= 11 is 1.47. The molecule has 2 aromatic carbocycles. The van der Waals surface area contributed by atoms with E-state index in [4.69, 9.17) is 0 Å². The molecule has 0 atom stereocenters. The third-order valence-corrected chi connectivity index (χ3v) is 4.88. The third-order valence-electron chi connectivity index (χ3n) is 3.77. The maximum absolute atomic E-state index is 11.2. The second-order valence-electron chi connectivity index (χ2n) is 5.65. The van der Waals surface area contributed by atoms with Crippen molar-refractivity contribution in [2.24, 2.45) is 0 Å². The first-order valence-corrected chi connectivity index (χ1v) is 9.09. The molecule has 0 aliphatic rings. The molecule has 0 aliphatic heterocycles. The molecule has 5 nitrogen and oxygen atoms in total. The Labute approximate surface area is 150 Å². The van der Waals surface area contributed by atoms with Gasteiger partial charge in [-0.2, -0.15) is 0 Å². The zero-order chi connectivity index (χ0) is 17.5. The molecule has 1 aromatic heterocycles. The molecule has 1 heterocycles. The van der Waals surface area contributed by atoms with Gasteiger partial charge in [-0.25, -0.2) is 4.79 Å². The summed E-state index contributed by atoms with van der Waals surface area (Å²) in [6.45, 7) is 0.818. The average molecular weight is 353 g/mol. The molecular formula is C19H19N3O2S. The highest BCUT2D eigenvalue weighted by molar-refractivity contribution is 7.98. The smallest absolute Gasteiger partial charge is 0.336 e. The summed E-state index contributed by atoms with van der Waals surface area (Å²) in [5, 5.41) is 17.5. The minimum atomic E-state index is -0.910. The van der Waals surface area contributed by atoms with Crippen molar-refractivity contribution < 1.29 is 9.90 Å². The molecule has 0 saturated heterocycles. The quantitative estimate of drug-likeness (QED) is 0.622. The Hall–Kier alpha value is -2.60. The van der Waals surface area contributed by atoms with Crippen LogP contribution in [-0.2, 0) is 18.7 Å². The van der Waals surface area contributed by atoms with Crippen LogP contribution in [0.4, 0.5) is 0 Å². The predicted molar refractivity (Wildman–Crippen MR) is 97.7 cm³/mol. The van der Waals surface area contributed by atoms with Crippen LogP contribution < -0.4 is 0 Å². The number of aryl methyl sites for hydroxylation is 2. The number of carboxylic acids is 1. The van der Waals surface area contributed by atoms with Crippen LogP contribution in [-0.4, -0.2) is 26.1 Å². The van der Waals surface area contributed by atoms with Gasteiger partial charge in [-0.1, -0.05) is 47.7 Å². The zero-order valence-corrected chi connectivity index (χ0v) is 14.5. The number of nitrogens with zero attached hydrogens (tertiary/aromatic N) is 3. The summed E-state index contributed by atoms with van der Waals surface area (Å²) < 4.78 is 1.85. The minimum absolute atomic E-state index is 0.322. The number of benzene rings is 2. The number of aromatic carboxylic acids is 1. The highest BCUT2D eigenvalue weighted by Gasteiger charge is 2.10. The fourth-order valence-corrected chi connectivity index (χ4v) is 3.45. The highest BCUT2D eigenvalue weighted by Crippen LogP contribution is 2.25. The number of hydrogen-bond donors (Lipinski definition) is 1. The lowest BCUT2D eigenvalue weighted by Crippen LogP contribution is -2.00. The van der Waals surface area contributed by atoms with E-state index in [1.807, 2.05) is 29.1 Å². The predicted octanol–water partition coefficient (Wildman–Crippen LogP) is 3.90. The van der Waals surface area contributed by atoms with Crippen molar-refractivity contribution in [1.29, 1.82) is 0 Å². The van der Waals surface area contributed by atoms with Crippen LogP contribution in [0.3, 0.4) is 0 Å². The molecule has 0 bridgehead atoms. The summed E-state index contributed by atoms with van der Waals surface area (Å²) in [4.78, 5) is 12.0. The van der Waals surface area contributed by atoms with E-state index in [2.05, 4.69) is 34.6 Å². The topological polar surface area (TPSA) is 68.0 Å². The van der Waals surface area contributed by atoms with Gasteiger partial charge in [-0.3, -0.25) is 4.68 Å². The van der Waals surface area contributed by atoms with Crippen molar-refractivity contribution in [3.63, 3.8) is 0 Å². The van der Waals surface area contributed by atoms with Crippen LogP contribution in [0.25, 0.3) is 0 Å². The van der Waals surface area contributed by atoms with Gasteiger partial charge >= 0.3 is 5.97 Å². The number of carboxylic acid groups (broad SMARTS) is 1. The van der Waals surface area contributed by atoms with Gasteiger partial charge in [0.2, 0.25) is 0 Å². The number of rotatable bonds is 8. The molecular weight excluding hydrogens is 334 g/mol. The first-order chi connectivity index (χ1) is 12.2. The summed E-state index contributed by atoms with van der Waals surface area (Å²) in [5.41, 5.74) is 2.50. The van der Waals surface area contributed by atoms with Crippen LogP contribution in [0.5, 0.6) is 0 Å². The van der Waals surface area contributed by atoms with E-state index in [0.29, 0.717) is 11.3 Å². The van der Waals surface area contributed by atoms with E-state index < -0.39 is 5.97 Å². The first kappa shape index (κ1) is 17.2. The second kappa shape index (κ2) is 8.48. The van der Waals surface area contributed by atoms with E-state index in [-0.39, 0.29) is 0 Å². The van der Waals surface area contributed by atoms with Crippen LogP contribution in [0.1, 0.15) is 28.0 Å². The van der Waals surface area contributed by atoms with Crippen molar-refractivity contribution in [2.45, 2.75) is 30.0 Å². The van der Waals surface area contributed by atoms with Crippen molar-refractivity contribution in [3.05, 3.63) is 77.6 Å². The van der Waals surface area contributed by atoms with E-state index >= 15 is 0 Å². The average Bonchev–Trinajstić information content (AvgIpc) is 3.09. The van der Waals surface area contributed by atoms with E-state index in [1.165, 1.54) is 17.3 Å². The van der Waals surface area contributed by atoms with Crippen molar-refractivity contribution in [2.75, 3.05) is 0 Å². The lowest BCUT2D eigenvalue weighted by atomic mass is 10.1. The van der Waals surface area contributed by atoms with Crippen molar-refractivity contribution in [3.8, 4) is 0 Å². The van der Waals surface area contributed by atoms with Gasteiger partial charge in [-0.05, 0) is 30.5 Å². The Balaban J connectivity index is 1.51. The Kier molecular flexibility index (Phi) is 5.85. The van der Waals surface area contributed by atoms with E-state index in [0.717, 1.165) is 30.0 Å². The molecule has 0 unspecified atom stereocenters. The van der Waals surface area contributed by atoms with Gasteiger partial charge in [0.05, 0.1) is 11.3 Å². The lowest BCUT2D eigenvalue weighted by Gasteiger charge is -2.03. The van der Waals surface area contributed by atoms with Crippen LogP contribution in [0.2, 0.25) is 0 Å². The molecule has 1 N–H and O–H groups in total. The fraction of sp³-hybridized carbons (Fsp3) is 0.211. The normalized spacial score (nSPS) is 10.7. The van der Waals surface area contributed by atoms with Crippen LogP contribution in [0.15, 0.2) is 65.7 Å². The minimum Gasteiger partial charge on any atom is -0.478 e. The van der Waals surface area contributed by atoms with Gasteiger partial charge in [0.25, 0.3) is 0 Å². The maximum atomic E-state index is 11.2. The van der Waals surface area contributed by atoms with Crippen LogP contribution in [0, 0.1) is 0 Å². The monoisotopic (exact) mass is 353 g/mol. The molecule has 25 heavy (non-hydrogen) atoms. The fourth-order valence-electron chi connectivity index (χ4n) is 2.52. The molecule has 3 aromatic rings. The Morgan fingerprint density at radius 3 is 2.64 bits per heavy atom. The number of carbonyl (C=O) groups is 1. The second-order valence-corrected chi connectivity index (χ2v) is 6.67. The van der Waals surface area contributed by atoms with E-state index in [1.54, 1.807) is 12.1 Å². The molecule has 0 saturated carbocycles. The van der Waals surface area contributed by atoms with Gasteiger partial charge < -0.3 is 5.11 Å². The number of thioether (sulfide) groups is 1. The molecule has 0 aliphatic carbocycles. The van der Waals surface area contributed by atoms with Gasteiger partial charge in [0.15, 0.2) is 0 Å². The highest BCUT2D eigenvalue weighted by atomic mass is 32.2. The number of hydrogen-bond acceptors (Lipinski definition) is 4. The van der Waals surface area contributed by atoms with Crippen LogP contribution >= 0.6 is 11.8 Å². The molecule has 6 heteroatoms. The SMILES string of the molecule is O=C(O)c1ccccc1SCc1cn(CCCc2ccccc2)nn1. The molecule has 0 spiro atoms. The van der Waals surface area contributed by atoms with Crippen molar-refractivity contribution in [1.82, 2.24) is 15.0 Å². The van der Waals surface area contributed by atoms with Gasteiger partial charge in [-0.15, -0.1) is 16.9 Å². The number of aromatic nitrogens is 3. The Bertz CT molecular complexity index is 833. The molecule has 128 valence electrons. The largest absolute Gasteiger partial charge is 0.478 e.